The van der Waals surface area contributed by atoms with Gasteiger partial charge in [-0.15, -0.1) is 0 Å². The summed E-state index contributed by atoms with van der Waals surface area (Å²) in [4.78, 5) is 41.7. The van der Waals surface area contributed by atoms with Crippen LogP contribution in [0.4, 0.5) is 0 Å². The van der Waals surface area contributed by atoms with Crippen LogP contribution in [-0.2, 0) is 9.59 Å². The molecule has 5 heterocycles. The second kappa shape index (κ2) is 11.1. The van der Waals surface area contributed by atoms with Crippen LogP contribution in [0, 0.1) is 13.8 Å². The van der Waals surface area contributed by atoms with Gasteiger partial charge in [0.1, 0.15) is 11.6 Å². The Kier molecular flexibility index (Phi) is 7.41. The van der Waals surface area contributed by atoms with Gasteiger partial charge in [-0.2, -0.15) is 0 Å². The molecule has 0 saturated heterocycles. The molecule has 1 saturated carbocycles. The molecule has 6 nitrogen and oxygen atoms in total. The Bertz CT molecular complexity index is 1940. The molecule has 0 amide bonds. The fraction of sp³-hybridized carbons (Fsp3) is 0.351. The fourth-order valence-corrected chi connectivity index (χ4v) is 6.54. The number of carbonyl (C=O) groups is 2. The predicted octanol–water partition coefficient (Wildman–Crippen LogP) is 9.05. The van der Waals surface area contributed by atoms with E-state index in [9.17, 15) is 9.59 Å². The summed E-state index contributed by atoms with van der Waals surface area (Å²) in [7, 11) is 0. The van der Waals surface area contributed by atoms with Crippen molar-refractivity contribution in [1.29, 1.82) is 0 Å². The molecular weight excluding hydrogens is 532 g/mol. The molecule has 0 atom stereocenters. The zero-order chi connectivity index (χ0) is 30.6. The highest BCUT2D eigenvalue weighted by Gasteiger charge is 2.29. The number of H-pyrrole nitrogens is 2. The number of Topliss-reactive ketones (excluding diaryl/α,β-unsaturated/α-hetero) is 2. The molecule has 6 heteroatoms. The van der Waals surface area contributed by atoms with E-state index in [1.165, 1.54) is 24.0 Å². The lowest BCUT2D eigenvalue weighted by atomic mass is 9.97. The highest BCUT2D eigenvalue weighted by Crippen LogP contribution is 2.45. The van der Waals surface area contributed by atoms with Crippen LogP contribution in [-0.4, -0.2) is 31.5 Å². The van der Waals surface area contributed by atoms with Crippen molar-refractivity contribution in [2.45, 2.75) is 86.0 Å². The van der Waals surface area contributed by atoms with Gasteiger partial charge in [0.25, 0.3) is 0 Å². The first-order valence-corrected chi connectivity index (χ1v) is 15.3. The highest BCUT2D eigenvalue weighted by molar-refractivity contribution is 5.97. The van der Waals surface area contributed by atoms with Gasteiger partial charge < -0.3 is 19.6 Å². The zero-order valence-electron chi connectivity index (χ0n) is 26.1. The number of aromatic nitrogens is 4. The Hall–Kier alpha value is -4.32. The fourth-order valence-electron chi connectivity index (χ4n) is 6.54. The van der Waals surface area contributed by atoms with E-state index < -0.39 is 0 Å². The first-order valence-electron chi connectivity index (χ1n) is 15.3. The summed E-state index contributed by atoms with van der Waals surface area (Å²) in [5, 5.41) is 0. The first kappa shape index (κ1) is 28.8. The Morgan fingerprint density at radius 2 is 1.26 bits per heavy atom. The number of nitrogens with one attached hydrogen (secondary N) is 2. The van der Waals surface area contributed by atoms with E-state index in [-0.39, 0.29) is 11.6 Å². The van der Waals surface area contributed by atoms with Crippen molar-refractivity contribution in [2.75, 3.05) is 0 Å². The third-order valence-electron chi connectivity index (χ3n) is 9.28. The second-order valence-corrected chi connectivity index (χ2v) is 12.4. The molecule has 1 aliphatic carbocycles. The summed E-state index contributed by atoms with van der Waals surface area (Å²) in [5.41, 5.74) is 16.8. The van der Waals surface area contributed by atoms with Gasteiger partial charge in [0.05, 0.1) is 22.8 Å². The minimum Gasteiger partial charge on any atom is -0.355 e. The van der Waals surface area contributed by atoms with Crippen LogP contribution < -0.4 is 0 Å². The number of hydrogen-bond donors (Lipinski definition) is 2. The van der Waals surface area contributed by atoms with Crippen molar-refractivity contribution in [1.82, 2.24) is 19.9 Å². The van der Waals surface area contributed by atoms with Crippen molar-refractivity contribution in [3.8, 4) is 0 Å². The number of carbonyl (C=O) groups excluding carboxylic acids is 2. The molecule has 2 N–H and O–H groups in total. The number of rotatable bonds is 8. The minimum atomic E-state index is 0.150. The van der Waals surface area contributed by atoms with Gasteiger partial charge in [0, 0.05) is 40.5 Å². The molecular formula is C37H40N4O2. The van der Waals surface area contributed by atoms with Crippen LogP contribution in [0.3, 0.4) is 0 Å². The largest absolute Gasteiger partial charge is 0.355 e. The Labute approximate surface area is 253 Å². The van der Waals surface area contributed by atoms with Crippen molar-refractivity contribution < 1.29 is 9.59 Å². The standard InChI is InChI=1S/C37H40N4O2/c1-8-26-21(4)31-17-36-37(25-11-12-25)24(7)32(41-36)15-29-22(5)27(13-9-19(2)42)34(39-29)18-35-28(14-10-20(3)43)23(6)30(40-35)16-33(26)38-31/h8,15-18,25,38,41H,1,9-14H2,2-7H3. The Morgan fingerprint density at radius 3 is 1.77 bits per heavy atom. The minimum absolute atomic E-state index is 0.150. The lowest BCUT2D eigenvalue weighted by molar-refractivity contribution is -0.117. The summed E-state index contributed by atoms with van der Waals surface area (Å²) >= 11 is 0. The van der Waals surface area contributed by atoms with E-state index >= 15 is 0 Å². The molecule has 3 aromatic heterocycles. The van der Waals surface area contributed by atoms with Crippen molar-refractivity contribution in [3.63, 3.8) is 0 Å². The molecule has 0 spiro atoms. The van der Waals surface area contributed by atoms with Gasteiger partial charge in [-0.25, -0.2) is 9.97 Å². The van der Waals surface area contributed by atoms with Gasteiger partial charge in [0.2, 0.25) is 0 Å². The van der Waals surface area contributed by atoms with Gasteiger partial charge in [-0.05, 0) is 136 Å². The van der Waals surface area contributed by atoms with Crippen LogP contribution in [0.15, 0.2) is 30.8 Å². The van der Waals surface area contributed by atoms with Gasteiger partial charge in [-0.3, -0.25) is 0 Å². The number of ketones is 2. The second-order valence-electron chi connectivity index (χ2n) is 12.4. The zero-order valence-corrected chi connectivity index (χ0v) is 26.1. The first-order chi connectivity index (χ1) is 20.5. The molecule has 0 aromatic carbocycles. The molecule has 43 heavy (non-hydrogen) atoms. The van der Waals surface area contributed by atoms with E-state index in [1.54, 1.807) is 13.8 Å². The highest BCUT2D eigenvalue weighted by atomic mass is 16.1. The van der Waals surface area contributed by atoms with E-state index in [0.29, 0.717) is 31.6 Å². The van der Waals surface area contributed by atoms with Gasteiger partial charge in [-0.1, -0.05) is 12.7 Å². The molecule has 2 aliphatic heterocycles. The molecule has 0 radical (unpaired) electrons. The quantitative estimate of drug-likeness (QED) is 0.282. The summed E-state index contributed by atoms with van der Waals surface area (Å²) in [6.07, 6.45) is 6.47. The Morgan fingerprint density at radius 1 is 0.744 bits per heavy atom. The number of nitrogens with zero attached hydrogens (tertiary/aromatic N) is 2. The van der Waals surface area contributed by atoms with E-state index in [1.807, 2.05) is 6.08 Å². The van der Waals surface area contributed by atoms with E-state index in [0.717, 1.165) is 78.3 Å². The summed E-state index contributed by atoms with van der Waals surface area (Å²) in [6.45, 7) is 15.9. The topological polar surface area (TPSA) is 91.5 Å². The van der Waals surface area contributed by atoms with Crippen LogP contribution in [0.1, 0.15) is 117 Å². The number of hydrogen-bond acceptors (Lipinski definition) is 4. The van der Waals surface area contributed by atoms with Crippen LogP contribution >= 0.6 is 0 Å². The molecule has 220 valence electrons. The van der Waals surface area contributed by atoms with Crippen molar-refractivity contribution >= 4 is 62.0 Å². The maximum absolute atomic E-state index is 12.0. The molecule has 3 aliphatic rings. The average Bonchev–Trinajstić information content (AvgIpc) is 3.50. The van der Waals surface area contributed by atoms with Gasteiger partial charge >= 0.3 is 0 Å². The molecule has 1 fully saturated rings. The van der Waals surface area contributed by atoms with Gasteiger partial charge in [0.15, 0.2) is 0 Å². The lowest BCUT2D eigenvalue weighted by Crippen LogP contribution is -1.94. The number of fused-ring (bicyclic) bond motifs is 8. The molecule has 8 bridgehead atoms. The van der Waals surface area contributed by atoms with Crippen molar-refractivity contribution in [3.05, 3.63) is 75.9 Å². The maximum Gasteiger partial charge on any atom is 0.130 e. The van der Waals surface area contributed by atoms with Crippen molar-refractivity contribution in [2.24, 2.45) is 0 Å². The third kappa shape index (κ3) is 5.35. The predicted molar refractivity (Wildman–Crippen MR) is 177 cm³/mol. The normalized spacial score (nSPS) is 14.9. The lowest BCUT2D eigenvalue weighted by Gasteiger charge is -2.05. The number of allylic oxidation sites excluding steroid dienone is 4. The average molecular weight is 573 g/mol. The molecule has 6 rings (SSSR count). The number of aryl methyl sites for hydroxylation is 2. The molecule has 0 unspecified atom stereocenters. The third-order valence-corrected chi connectivity index (χ3v) is 9.28. The molecule has 3 aromatic rings. The van der Waals surface area contributed by atoms with Crippen LogP contribution in [0.2, 0.25) is 0 Å². The van der Waals surface area contributed by atoms with E-state index in [2.05, 4.69) is 68.5 Å². The van der Waals surface area contributed by atoms with Crippen LogP contribution in [0.25, 0.3) is 50.4 Å². The SMILES string of the molecule is C=Cc1c(C)c2cc3[nH]c(cc4nc(cc5nc(cc1[nH]2)C(C)=C5CCC(C)=O)C(CCC(C)=O)=C4C)c(C)c3C1CC1. The monoisotopic (exact) mass is 572 g/mol. The smallest absolute Gasteiger partial charge is 0.130 e. The summed E-state index contributed by atoms with van der Waals surface area (Å²) in [5.74, 6) is 0.875. The maximum atomic E-state index is 12.0. The van der Waals surface area contributed by atoms with E-state index in [4.69, 9.17) is 9.97 Å². The van der Waals surface area contributed by atoms with Crippen LogP contribution in [0.5, 0.6) is 0 Å². The Balaban J connectivity index is 1.72. The summed E-state index contributed by atoms with van der Waals surface area (Å²) in [6, 6.07) is 8.56. The number of aromatic amines is 2. The summed E-state index contributed by atoms with van der Waals surface area (Å²) < 4.78 is 0.